The average molecular weight is 373 g/mol. The molecule has 0 amide bonds. The van der Waals surface area contributed by atoms with Gasteiger partial charge in [0.25, 0.3) is 0 Å². The Labute approximate surface area is 162 Å². The lowest BCUT2D eigenvalue weighted by atomic mass is 10.1. The second kappa shape index (κ2) is 7.58. The molecule has 6 nitrogen and oxygen atoms in total. The second-order valence-electron chi connectivity index (χ2n) is 8.24. The van der Waals surface area contributed by atoms with Gasteiger partial charge in [-0.15, -0.1) is 0 Å². The Balaban J connectivity index is 1.38. The number of methoxy groups -OCH3 is 1. The third-order valence-electron chi connectivity index (χ3n) is 5.99. The number of ether oxygens (including phenoxy) is 2. The normalized spacial score (nSPS) is 28.0. The standard InChI is InChI=1S/C21H32N4O2/c1-13-11-25(17-5-6-17)12-18(13)24-21(22-3)23-10-16-9-20-15(7-14(2)27-20)8-19(16)26-4/h8-9,13-14,17-18H,5-7,10-12H2,1-4H3,(H2,22,23,24). The van der Waals surface area contributed by atoms with E-state index >= 15 is 0 Å². The highest BCUT2D eigenvalue weighted by Gasteiger charge is 2.38. The number of aliphatic imine (C=N–C) groups is 1. The van der Waals surface area contributed by atoms with E-state index in [1.807, 2.05) is 7.05 Å². The fraction of sp³-hybridized carbons (Fsp3) is 0.667. The molecular weight excluding hydrogens is 340 g/mol. The van der Waals surface area contributed by atoms with Crippen molar-refractivity contribution in [1.29, 1.82) is 0 Å². The van der Waals surface area contributed by atoms with Crippen LogP contribution in [0, 0.1) is 5.92 Å². The minimum Gasteiger partial charge on any atom is -0.496 e. The topological polar surface area (TPSA) is 58.1 Å². The van der Waals surface area contributed by atoms with Crippen LogP contribution in [-0.4, -0.2) is 56.3 Å². The Bertz CT molecular complexity index is 716. The number of guanidine groups is 1. The number of nitrogens with zero attached hydrogens (tertiary/aromatic N) is 2. The molecule has 1 aromatic carbocycles. The molecule has 1 saturated carbocycles. The molecular formula is C21H32N4O2. The van der Waals surface area contributed by atoms with Crippen molar-refractivity contribution in [1.82, 2.24) is 15.5 Å². The van der Waals surface area contributed by atoms with Crippen molar-refractivity contribution < 1.29 is 9.47 Å². The zero-order chi connectivity index (χ0) is 19.0. The molecule has 0 aromatic heterocycles. The van der Waals surface area contributed by atoms with Crippen LogP contribution in [0.5, 0.6) is 11.5 Å². The Morgan fingerprint density at radius 3 is 2.81 bits per heavy atom. The van der Waals surface area contributed by atoms with E-state index in [1.54, 1.807) is 7.11 Å². The van der Waals surface area contributed by atoms with E-state index < -0.39 is 0 Å². The van der Waals surface area contributed by atoms with Gasteiger partial charge in [-0.25, -0.2) is 0 Å². The third-order valence-corrected chi connectivity index (χ3v) is 5.99. The molecule has 2 fully saturated rings. The van der Waals surface area contributed by atoms with Crippen LogP contribution in [0.3, 0.4) is 0 Å². The fourth-order valence-electron chi connectivity index (χ4n) is 4.29. The minimum absolute atomic E-state index is 0.237. The first-order chi connectivity index (χ1) is 13.1. The number of hydrogen-bond donors (Lipinski definition) is 2. The molecule has 0 spiro atoms. The number of benzene rings is 1. The van der Waals surface area contributed by atoms with Crippen LogP contribution in [-0.2, 0) is 13.0 Å². The molecule has 2 N–H and O–H groups in total. The molecule has 148 valence electrons. The lowest BCUT2D eigenvalue weighted by molar-refractivity contribution is 0.254. The summed E-state index contributed by atoms with van der Waals surface area (Å²) in [5, 5.41) is 7.08. The SMILES string of the molecule is CN=C(NCc1cc2c(cc1OC)CC(C)O2)NC1CN(C2CC2)CC1C. The molecule has 3 aliphatic rings. The maximum Gasteiger partial charge on any atom is 0.191 e. The number of likely N-dealkylation sites (tertiary alicyclic amines) is 1. The minimum atomic E-state index is 0.237. The number of rotatable bonds is 5. The van der Waals surface area contributed by atoms with Gasteiger partial charge < -0.3 is 20.1 Å². The van der Waals surface area contributed by atoms with Crippen LogP contribution in [0.1, 0.15) is 37.8 Å². The van der Waals surface area contributed by atoms with E-state index in [4.69, 9.17) is 9.47 Å². The quantitative estimate of drug-likeness (QED) is 0.613. The molecule has 4 rings (SSSR count). The number of nitrogens with one attached hydrogen (secondary N) is 2. The highest BCUT2D eigenvalue weighted by atomic mass is 16.5. The van der Waals surface area contributed by atoms with Crippen LogP contribution in [0.25, 0.3) is 0 Å². The lowest BCUT2D eigenvalue weighted by Crippen LogP contribution is -2.46. The maximum absolute atomic E-state index is 5.91. The van der Waals surface area contributed by atoms with Gasteiger partial charge in [0.15, 0.2) is 5.96 Å². The van der Waals surface area contributed by atoms with Crippen molar-refractivity contribution in [2.45, 2.75) is 57.8 Å². The summed E-state index contributed by atoms with van der Waals surface area (Å²) in [5.74, 6) is 3.37. The first kappa shape index (κ1) is 18.4. The van der Waals surface area contributed by atoms with Gasteiger partial charge in [0, 0.05) is 56.3 Å². The van der Waals surface area contributed by atoms with Crippen molar-refractivity contribution >= 4 is 5.96 Å². The van der Waals surface area contributed by atoms with Gasteiger partial charge in [0.05, 0.1) is 7.11 Å². The highest BCUT2D eigenvalue weighted by molar-refractivity contribution is 5.80. The smallest absolute Gasteiger partial charge is 0.191 e. The molecule has 0 bridgehead atoms. The molecule has 1 saturated heterocycles. The van der Waals surface area contributed by atoms with Crippen LogP contribution in [0.15, 0.2) is 17.1 Å². The third kappa shape index (κ3) is 4.00. The van der Waals surface area contributed by atoms with Crippen molar-refractivity contribution in [2.75, 3.05) is 27.2 Å². The Morgan fingerprint density at radius 2 is 2.11 bits per heavy atom. The second-order valence-corrected chi connectivity index (χ2v) is 8.24. The first-order valence-electron chi connectivity index (χ1n) is 10.1. The van der Waals surface area contributed by atoms with E-state index in [9.17, 15) is 0 Å². The van der Waals surface area contributed by atoms with E-state index in [0.29, 0.717) is 18.5 Å². The van der Waals surface area contributed by atoms with Crippen molar-refractivity contribution in [3.63, 3.8) is 0 Å². The van der Waals surface area contributed by atoms with Gasteiger partial charge >= 0.3 is 0 Å². The maximum atomic E-state index is 5.91. The van der Waals surface area contributed by atoms with Crippen molar-refractivity contribution in [3.8, 4) is 11.5 Å². The molecule has 1 aromatic rings. The lowest BCUT2D eigenvalue weighted by Gasteiger charge is -2.21. The van der Waals surface area contributed by atoms with Gasteiger partial charge in [0.1, 0.15) is 17.6 Å². The van der Waals surface area contributed by atoms with Gasteiger partial charge in [-0.1, -0.05) is 6.92 Å². The van der Waals surface area contributed by atoms with Crippen LogP contribution < -0.4 is 20.1 Å². The average Bonchev–Trinajstić information content (AvgIpc) is 3.35. The number of fused-ring (bicyclic) bond motifs is 1. The highest BCUT2D eigenvalue weighted by Crippen LogP contribution is 2.35. The fourth-order valence-corrected chi connectivity index (χ4v) is 4.29. The van der Waals surface area contributed by atoms with Gasteiger partial charge in [-0.3, -0.25) is 9.89 Å². The van der Waals surface area contributed by atoms with Crippen molar-refractivity contribution in [2.24, 2.45) is 10.9 Å². The van der Waals surface area contributed by atoms with Gasteiger partial charge in [-0.05, 0) is 37.8 Å². The first-order valence-corrected chi connectivity index (χ1v) is 10.1. The predicted molar refractivity (Wildman–Crippen MR) is 108 cm³/mol. The monoisotopic (exact) mass is 372 g/mol. The summed E-state index contributed by atoms with van der Waals surface area (Å²) in [6.45, 7) is 7.38. The molecule has 2 heterocycles. The molecule has 3 atom stereocenters. The van der Waals surface area contributed by atoms with Crippen LogP contribution >= 0.6 is 0 Å². The zero-order valence-corrected chi connectivity index (χ0v) is 16.9. The summed E-state index contributed by atoms with van der Waals surface area (Å²) >= 11 is 0. The summed E-state index contributed by atoms with van der Waals surface area (Å²) in [6, 6.07) is 5.49. The van der Waals surface area contributed by atoms with Crippen LogP contribution in [0.2, 0.25) is 0 Å². The molecule has 27 heavy (non-hydrogen) atoms. The molecule has 1 aliphatic carbocycles. The summed E-state index contributed by atoms with van der Waals surface area (Å²) in [5.41, 5.74) is 2.32. The summed E-state index contributed by atoms with van der Waals surface area (Å²) in [7, 11) is 3.56. The van der Waals surface area contributed by atoms with E-state index in [-0.39, 0.29) is 6.10 Å². The molecule has 3 unspecified atom stereocenters. The zero-order valence-electron chi connectivity index (χ0n) is 16.9. The summed E-state index contributed by atoms with van der Waals surface area (Å²) in [4.78, 5) is 7.05. The van der Waals surface area contributed by atoms with Crippen molar-refractivity contribution in [3.05, 3.63) is 23.3 Å². The van der Waals surface area contributed by atoms with Gasteiger partial charge in [-0.2, -0.15) is 0 Å². The number of hydrogen-bond acceptors (Lipinski definition) is 4. The summed E-state index contributed by atoms with van der Waals surface area (Å²) < 4.78 is 11.5. The molecule has 2 aliphatic heterocycles. The predicted octanol–water partition coefficient (Wildman–Crippen LogP) is 2.17. The van der Waals surface area contributed by atoms with Crippen LogP contribution in [0.4, 0.5) is 0 Å². The molecule has 6 heteroatoms. The van der Waals surface area contributed by atoms with E-state index in [0.717, 1.165) is 42.0 Å². The summed E-state index contributed by atoms with van der Waals surface area (Å²) in [6.07, 6.45) is 3.91. The van der Waals surface area contributed by atoms with E-state index in [2.05, 4.69) is 46.5 Å². The largest absolute Gasteiger partial charge is 0.496 e. The Hall–Kier alpha value is -1.95. The Morgan fingerprint density at radius 1 is 1.30 bits per heavy atom. The van der Waals surface area contributed by atoms with E-state index in [1.165, 1.54) is 24.9 Å². The van der Waals surface area contributed by atoms with Gasteiger partial charge in [0.2, 0.25) is 0 Å². The molecule has 0 radical (unpaired) electrons. The Kier molecular flexibility index (Phi) is 5.17.